The molecule has 2 aliphatic heterocycles. The minimum Gasteiger partial charge on any atom is -0.504 e. The first-order chi connectivity index (χ1) is 20.9. The quantitative estimate of drug-likeness (QED) is 0.329. The van der Waals surface area contributed by atoms with Gasteiger partial charge < -0.3 is 29.4 Å². The number of carbonyl (C=O) groups excluding carboxylic acids is 3. The van der Waals surface area contributed by atoms with Gasteiger partial charge in [0, 0.05) is 54.0 Å². The lowest BCUT2D eigenvalue weighted by molar-refractivity contribution is -0.131. The summed E-state index contributed by atoms with van der Waals surface area (Å²) in [6.45, 7) is 0.859. The highest BCUT2D eigenvalue weighted by Crippen LogP contribution is 2.40. The van der Waals surface area contributed by atoms with Gasteiger partial charge in [-0.3, -0.25) is 14.4 Å². The third kappa shape index (κ3) is 5.20. The molecule has 4 aromatic rings. The predicted molar refractivity (Wildman–Crippen MR) is 160 cm³/mol. The fraction of sp³-hybridized carbons (Fsp3) is 0.324. The largest absolute Gasteiger partial charge is 0.504 e. The number of ketones is 1. The molecule has 3 aromatic carbocycles. The maximum atomic E-state index is 13.8. The molecule has 1 saturated carbocycles. The summed E-state index contributed by atoms with van der Waals surface area (Å²) in [5.74, 6) is 1.08. The van der Waals surface area contributed by atoms with E-state index in [0.29, 0.717) is 36.6 Å². The van der Waals surface area contributed by atoms with Crippen molar-refractivity contribution in [3.05, 3.63) is 83.6 Å². The van der Waals surface area contributed by atoms with Crippen LogP contribution >= 0.6 is 0 Å². The molecule has 7 rings (SSSR count). The first kappa shape index (κ1) is 27.1. The summed E-state index contributed by atoms with van der Waals surface area (Å²) in [5.41, 5.74) is 3.28. The van der Waals surface area contributed by atoms with Crippen LogP contribution in [0.3, 0.4) is 0 Å². The Hall–Kier alpha value is -4.79. The van der Waals surface area contributed by atoms with Crippen molar-refractivity contribution in [1.29, 1.82) is 0 Å². The van der Waals surface area contributed by atoms with Gasteiger partial charge >= 0.3 is 0 Å². The van der Waals surface area contributed by atoms with E-state index < -0.39 is 0 Å². The lowest BCUT2D eigenvalue weighted by Gasteiger charge is -2.21. The van der Waals surface area contributed by atoms with Crippen molar-refractivity contribution >= 4 is 28.5 Å². The van der Waals surface area contributed by atoms with E-state index in [0.717, 1.165) is 34.9 Å². The van der Waals surface area contributed by atoms with Crippen LogP contribution in [0.2, 0.25) is 0 Å². The summed E-state index contributed by atoms with van der Waals surface area (Å²) in [6.07, 6.45) is 4.40. The molecule has 9 nitrogen and oxygen atoms in total. The van der Waals surface area contributed by atoms with E-state index in [4.69, 9.17) is 9.47 Å². The molecule has 2 fully saturated rings. The molecule has 0 radical (unpaired) electrons. The van der Waals surface area contributed by atoms with Crippen LogP contribution in [0.4, 0.5) is 0 Å². The second-order valence-electron chi connectivity index (χ2n) is 11.7. The maximum Gasteiger partial charge on any atom is 0.242 e. The topological polar surface area (TPSA) is 110 Å². The molecule has 4 bridgehead atoms. The van der Waals surface area contributed by atoms with E-state index in [9.17, 15) is 19.5 Å². The van der Waals surface area contributed by atoms with Gasteiger partial charge in [-0.25, -0.2) is 0 Å². The number of para-hydroxylation sites is 1. The van der Waals surface area contributed by atoms with Crippen LogP contribution in [0.5, 0.6) is 23.0 Å². The van der Waals surface area contributed by atoms with Crippen LogP contribution in [0, 0.1) is 5.92 Å². The predicted octanol–water partition coefficient (Wildman–Crippen LogP) is 4.80. The molecule has 1 saturated heterocycles. The van der Waals surface area contributed by atoms with Gasteiger partial charge in [0.15, 0.2) is 28.8 Å². The summed E-state index contributed by atoms with van der Waals surface area (Å²) in [5, 5.41) is 14.5. The number of carbonyl (C=O) groups is 3. The number of ether oxygens (including phenoxy) is 2. The zero-order valence-corrected chi connectivity index (χ0v) is 23.9. The molecule has 2 N–H and O–H groups in total. The van der Waals surface area contributed by atoms with E-state index in [1.807, 2.05) is 47.2 Å². The van der Waals surface area contributed by atoms with Crippen LogP contribution in [0.1, 0.15) is 46.7 Å². The number of nitrogens with one attached hydrogen (secondary N) is 1. The maximum absolute atomic E-state index is 13.8. The highest BCUT2D eigenvalue weighted by Gasteiger charge is 2.38. The molecule has 43 heavy (non-hydrogen) atoms. The highest BCUT2D eigenvalue weighted by molar-refractivity contribution is 6.10. The van der Waals surface area contributed by atoms with Gasteiger partial charge in [-0.05, 0) is 60.7 Å². The highest BCUT2D eigenvalue weighted by atomic mass is 16.5. The fourth-order valence-electron chi connectivity index (χ4n) is 6.33. The number of hydrogen-bond donors (Lipinski definition) is 2. The fourth-order valence-corrected chi connectivity index (χ4v) is 6.33. The molecule has 2 atom stereocenters. The summed E-state index contributed by atoms with van der Waals surface area (Å²) in [4.78, 5) is 41.7. The second-order valence-corrected chi connectivity index (χ2v) is 11.7. The van der Waals surface area contributed by atoms with E-state index in [-0.39, 0.29) is 59.9 Å². The Kier molecular flexibility index (Phi) is 6.80. The zero-order chi connectivity index (χ0) is 29.7. The molecule has 1 aliphatic carbocycles. The van der Waals surface area contributed by atoms with Gasteiger partial charge in [-0.15, -0.1) is 0 Å². The molecule has 3 heterocycles. The number of phenolic OH excluding ortho intramolecular Hbond substituents is 1. The third-order valence-electron chi connectivity index (χ3n) is 8.83. The van der Waals surface area contributed by atoms with Gasteiger partial charge in [0.2, 0.25) is 11.8 Å². The Morgan fingerprint density at radius 2 is 1.86 bits per heavy atom. The molecular weight excluding hydrogens is 546 g/mol. The van der Waals surface area contributed by atoms with Crippen molar-refractivity contribution in [1.82, 2.24) is 14.8 Å². The van der Waals surface area contributed by atoms with Gasteiger partial charge in [-0.1, -0.05) is 30.3 Å². The smallest absolute Gasteiger partial charge is 0.242 e. The summed E-state index contributed by atoms with van der Waals surface area (Å²) >= 11 is 0. The number of hydrogen-bond acceptors (Lipinski definition) is 6. The molecule has 0 spiro atoms. The van der Waals surface area contributed by atoms with E-state index in [1.54, 1.807) is 36.3 Å². The first-order valence-corrected chi connectivity index (χ1v) is 14.7. The number of benzene rings is 3. The van der Waals surface area contributed by atoms with Crippen molar-refractivity contribution in [2.75, 3.05) is 20.2 Å². The lowest BCUT2D eigenvalue weighted by atomic mass is 9.93. The SMILES string of the molecule is COc1ccc2cc1Oc1cc(ccc1O)CCC(=O)N[C@@H]1CN(C(=O)Cn3cc(C(=O)C4CC4)c4ccccc43)C[C@@H]21. The number of likely N-dealkylation sites (tertiary alicyclic amines) is 1. The summed E-state index contributed by atoms with van der Waals surface area (Å²) in [7, 11) is 1.56. The Balaban J connectivity index is 1.19. The lowest BCUT2D eigenvalue weighted by Crippen LogP contribution is -2.41. The Bertz CT molecular complexity index is 1760. The zero-order valence-electron chi connectivity index (χ0n) is 23.9. The number of nitrogens with zero attached hydrogens (tertiary/aromatic N) is 2. The Morgan fingerprint density at radius 1 is 1.02 bits per heavy atom. The number of Topliss-reactive ketones (excluding diaryl/α,β-unsaturated/α-hetero) is 1. The van der Waals surface area contributed by atoms with Gasteiger partial charge in [0.25, 0.3) is 0 Å². The van der Waals surface area contributed by atoms with Crippen LogP contribution in [0.15, 0.2) is 66.9 Å². The molecule has 1 aromatic heterocycles. The number of fused-ring (bicyclic) bond motifs is 7. The minimum atomic E-state index is -0.302. The van der Waals surface area contributed by atoms with Gasteiger partial charge in [-0.2, -0.15) is 0 Å². The molecule has 3 aliphatic rings. The average molecular weight is 580 g/mol. The number of methoxy groups -OCH3 is 1. The van der Waals surface area contributed by atoms with Crippen LogP contribution in [0.25, 0.3) is 10.9 Å². The van der Waals surface area contributed by atoms with Gasteiger partial charge in [0.1, 0.15) is 6.54 Å². The Morgan fingerprint density at radius 3 is 2.67 bits per heavy atom. The molecule has 0 unspecified atom stereocenters. The van der Waals surface area contributed by atoms with Gasteiger partial charge in [0.05, 0.1) is 13.2 Å². The minimum absolute atomic E-state index is 0.00873. The molecule has 9 heteroatoms. The standard InChI is InChI=1S/C34H33N3O6/c1-42-29-12-10-22-15-31(29)43-30-14-20(6-11-28(30)38)7-13-32(39)35-26-18-37(16-24(22)26)33(40)19-36-17-25(34(41)21-8-9-21)23-4-2-3-5-27(23)36/h2-6,10-12,14-15,17,21,24,26,38H,7-9,13,16,18-19H2,1H3,(H,35,39)/t24-,26+/m0/s1. The number of amides is 2. The van der Waals surface area contributed by atoms with E-state index >= 15 is 0 Å². The monoisotopic (exact) mass is 579 g/mol. The number of aromatic hydroxyl groups is 1. The summed E-state index contributed by atoms with van der Waals surface area (Å²) in [6, 6.07) is 18.1. The number of aromatic nitrogens is 1. The Labute approximate surface area is 249 Å². The van der Waals surface area contributed by atoms with Crippen molar-refractivity contribution < 1.29 is 29.0 Å². The van der Waals surface area contributed by atoms with Crippen molar-refractivity contribution in [3.8, 4) is 23.0 Å². The third-order valence-corrected chi connectivity index (χ3v) is 8.83. The number of phenols is 1. The first-order valence-electron chi connectivity index (χ1n) is 14.7. The number of rotatable bonds is 5. The van der Waals surface area contributed by atoms with Crippen LogP contribution in [-0.2, 0) is 22.6 Å². The van der Waals surface area contributed by atoms with Crippen molar-refractivity contribution in [2.24, 2.45) is 5.92 Å². The normalized spacial score (nSPS) is 19.8. The second kappa shape index (κ2) is 10.8. The molecular formula is C34H33N3O6. The van der Waals surface area contributed by atoms with E-state index in [2.05, 4.69) is 5.32 Å². The molecule has 220 valence electrons. The molecule has 2 amide bonds. The van der Waals surface area contributed by atoms with Crippen LogP contribution < -0.4 is 14.8 Å². The van der Waals surface area contributed by atoms with Crippen molar-refractivity contribution in [2.45, 2.75) is 44.2 Å². The summed E-state index contributed by atoms with van der Waals surface area (Å²) < 4.78 is 13.6. The van der Waals surface area contributed by atoms with Crippen LogP contribution in [-0.4, -0.2) is 58.4 Å². The average Bonchev–Trinajstić information content (AvgIpc) is 3.69. The van der Waals surface area contributed by atoms with Crippen molar-refractivity contribution in [3.63, 3.8) is 0 Å². The van der Waals surface area contributed by atoms with E-state index in [1.165, 1.54) is 0 Å². The number of aryl methyl sites for hydroxylation is 1.